The van der Waals surface area contributed by atoms with Crippen molar-refractivity contribution in [2.45, 2.75) is 6.54 Å². The molecule has 0 spiro atoms. The number of nitrogens with one attached hydrogen (secondary N) is 1. The van der Waals surface area contributed by atoms with Gasteiger partial charge in [0.15, 0.2) is 0 Å². The van der Waals surface area contributed by atoms with Crippen LogP contribution in [0.2, 0.25) is 5.02 Å². The Kier molecular flexibility index (Phi) is 5.67. The maximum atomic E-state index is 12.3. The van der Waals surface area contributed by atoms with Crippen LogP contribution in [-0.4, -0.2) is 13.0 Å². The van der Waals surface area contributed by atoms with Gasteiger partial charge in [-0.1, -0.05) is 33.6 Å². The van der Waals surface area contributed by atoms with Crippen molar-refractivity contribution in [3.05, 3.63) is 61.5 Å². The largest absolute Gasteiger partial charge is 0.496 e. The molecule has 0 heterocycles. The number of methoxy groups -OCH3 is 1. The van der Waals surface area contributed by atoms with Crippen molar-refractivity contribution in [2.24, 2.45) is 0 Å². The quantitative estimate of drug-likeness (QED) is 0.752. The van der Waals surface area contributed by atoms with Crippen molar-refractivity contribution in [2.75, 3.05) is 7.11 Å². The summed E-state index contributed by atoms with van der Waals surface area (Å²) in [5, 5.41) is 3.40. The Hall–Kier alpha value is -1.04. The van der Waals surface area contributed by atoms with Gasteiger partial charge in [0.05, 0.1) is 12.7 Å². The zero-order valence-corrected chi connectivity index (χ0v) is 15.0. The molecule has 0 radical (unpaired) electrons. The first-order valence-corrected chi connectivity index (χ1v) is 8.04. The van der Waals surface area contributed by atoms with E-state index in [1.807, 2.05) is 18.2 Å². The topological polar surface area (TPSA) is 38.3 Å². The first-order valence-electron chi connectivity index (χ1n) is 6.07. The average molecular weight is 434 g/mol. The first kappa shape index (κ1) is 16.3. The normalized spacial score (nSPS) is 10.3. The SMILES string of the molecule is COc1cccc(Cl)c1CNC(=O)c1cc(Br)ccc1Br. The maximum Gasteiger partial charge on any atom is 0.252 e. The van der Waals surface area contributed by atoms with Gasteiger partial charge in [0.1, 0.15) is 5.75 Å². The molecule has 0 saturated carbocycles. The predicted octanol–water partition coefficient (Wildman–Crippen LogP) is 4.80. The van der Waals surface area contributed by atoms with Crippen molar-refractivity contribution < 1.29 is 9.53 Å². The molecule has 110 valence electrons. The fourth-order valence-corrected chi connectivity index (χ4v) is 2.86. The summed E-state index contributed by atoms with van der Waals surface area (Å²) in [4.78, 5) is 12.3. The highest BCUT2D eigenvalue weighted by Gasteiger charge is 2.13. The smallest absolute Gasteiger partial charge is 0.252 e. The van der Waals surface area contributed by atoms with Gasteiger partial charge in [0.25, 0.3) is 5.91 Å². The van der Waals surface area contributed by atoms with Crippen LogP contribution in [0.5, 0.6) is 5.75 Å². The molecular formula is C15H12Br2ClNO2. The Labute approximate surface area is 144 Å². The van der Waals surface area contributed by atoms with Crippen LogP contribution in [0.1, 0.15) is 15.9 Å². The second-order valence-corrected chi connectivity index (χ2v) is 6.40. The van der Waals surface area contributed by atoms with Crippen LogP contribution in [0.4, 0.5) is 0 Å². The van der Waals surface area contributed by atoms with E-state index in [2.05, 4.69) is 37.2 Å². The number of ether oxygens (including phenoxy) is 1. The van der Waals surface area contributed by atoms with Gasteiger partial charge in [-0.25, -0.2) is 0 Å². The summed E-state index contributed by atoms with van der Waals surface area (Å²) in [6, 6.07) is 10.8. The molecule has 0 fully saturated rings. The number of rotatable bonds is 4. The van der Waals surface area contributed by atoms with Crippen molar-refractivity contribution in [1.82, 2.24) is 5.32 Å². The predicted molar refractivity (Wildman–Crippen MR) is 91.0 cm³/mol. The van der Waals surface area contributed by atoms with Crippen LogP contribution in [-0.2, 0) is 6.54 Å². The average Bonchev–Trinajstić information content (AvgIpc) is 2.47. The number of carbonyl (C=O) groups excluding carboxylic acids is 1. The van der Waals surface area contributed by atoms with E-state index in [1.165, 1.54) is 0 Å². The molecule has 2 aromatic rings. The highest BCUT2D eigenvalue weighted by molar-refractivity contribution is 9.11. The fourth-order valence-electron chi connectivity index (χ4n) is 1.84. The minimum atomic E-state index is -0.190. The van der Waals surface area contributed by atoms with Crippen LogP contribution >= 0.6 is 43.5 Å². The van der Waals surface area contributed by atoms with Gasteiger partial charge in [-0.2, -0.15) is 0 Å². The van der Waals surface area contributed by atoms with E-state index in [4.69, 9.17) is 16.3 Å². The zero-order chi connectivity index (χ0) is 15.4. The molecule has 0 bridgehead atoms. The van der Waals surface area contributed by atoms with E-state index < -0.39 is 0 Å². The third-order valence-corrected chi connectivity index (χ3v) is 4.43. The number of amides is 1. The van der Waals surface area contributed by atoms with E-state index in [1.54, 1.807) is 25.3 Å². The summed E-state index contributed by atoms with van der Waals surface area (Å²) in [6.07, 6.45) is 0. The molecule has 0 atom stereocenters. The Morgan fingerprint density at radius 3 is 2.76 bits per heavy atom. The Bertz CT molecular complexity index is 677. The lowest BCUT2D eigenvalue weighted by Crippen LogP contribution is -2.23. The summed E-state index contributed by atoms with van der Waals surface area (Å²) in [6.45, 7) is 0.292. The molecule has 0 aliphatic rings. The van der Waals surface area contributed by atoms with Gasteiger partial charge in [0, 0.05) is 26.1 Å². The van der Waals surface area contributed by atoms with Crippen LogP contribution in [0.25, 0.3) is 0 Å². The molecule has 0 aliphatic heterocycles. The molecule has 2 rings (SSSR count). The molecule has 1 N–H and O–H groups in total. The second kappa shape index (κ2) is 7.29. The Morgan fingerprint density at radius 2 is 2.05 bits per heavy atom. The Morgan fingerprint density at radius 1 is 1.29 bits per heavy atom. The lowest BCUT2D eigenvalue weighted by atomic mass is 10.1. The van der Waals surface area contributed by atoms with Crippen molar-refractivity contribution in [1.29, 1.82) is 0 Å². The van der Waals surface area contributed by atoms with Gasteiger partial charge < -0.3 is 10.1 Å². The zero-order valence-electron chi connectivity index (χ0n) is 11.1. The standard InChI is InChI=1S/C15H12Br2ClNO2/c1-21-14-4-2-3-13(18)11(14)8-19-15(20)10-7-9(16)5-6-12(10)17/h2-7H,8H2,1H3,(H,19,20). The third-order valence-electron chi connectivity index (χ3n) is 2.89. The fraction of sp³-hybridized carbons (Fsp3) is 0.133. The van der Waals surface area contributed by atoms with Crippen molar-refractivity contribution >= 4 is 49.4 Å². The summed E-state index contributed by atoms with van der Waals surface area (Å²) < 4.78 is 6.82. The summed E-state index contributed by atoms with van der Waals surface area (Å²) in [5.74, 6) is 0.459. The lowest BCUT2D eigenvalue weighted by molar-refractivity contribution is 0.0950. The molecule has 0 aromatic heterocycles. The van der Waals surface area contributed by atoms with E-state index >= 15 is 0 Å². The molecule has 3 nitrogen and oxygen atoms in total. The third kappa shape index (κ3) is 3.99. The van der Waals surface area contributed by atoms with E-state index in [0.29, 0.717) is 22.9 Å². The summed E-state index contributed by atoms with van der Waals surface area (Å²) >= 11 is 12.9. The second-order valence-electron chi connectivity index (χ2n) is 4.23. The number of benzene rings is 2. The van der Waals surface area contributed by atoms with E-state index in [0.717, 1.165) is 14.5 Å². The minimum Gasteiger partial charge on any atom is -0.496 e. The van der Waals surface area contributed by atoms with E-state index in [-0.39, 0.29) is 5.91 Å². The van der Waals surface area contributed by atoms with Gasteiger partial charge in [-0.3, -0.25) is 4.79 Å². The van der Waals surface area contributed by atoms with Crippen LogP contribution in [0, 0.1) is 0 Å². The van der Waals surface area contributed by atoms with Crippen LogP contribution in [0.15, 0.2) is 45.3 Å². The van der Waals surface area contributed by atoms with Gasteiger partial charge in [0.2, 0.25) is 0 Å². The molecular weight excluding hydrogens is 421 g/mol. The number of halogens is 3. The summed E-state index contributed by atoms with van der Waals surface area (Å²) in [5.41, 5.74) is 1.30. The molecule has 0 unspecified atom stereocenters. The van der Waals surface area contributed by atoms with Gasteiger partial charge in [-0.15, -0.1) is 0 Å². The summed E-state index contributed by atoms with van der Waals surface area (Å²) in [7, 11) is 1.57. The van der Waals surface area contributed by atoms with Crippen molar-refractivity contribution in [3.8, 4) is 5.75 Å². The van der Waals surface area contributed by atoms with Crippen LogP contribution in [0.3, 0.4) is 0 Å². The molecule has 6 heteroatoms. The number of carbonyl (C=O) groups is 1. The van der Waals surface area contributed by atoms with E-state index in [9.17, 15) is 4.79 Å². The highest BCUT2D eigenvalue weighted by Crippen LogP contribution is 2.26. The van der Waals surface area contributed by atoms with Gasteiger partial charge in [-0.05, 0) is 46.3 Å². The molecule has 2 aromatic carbocycles. The van der Waals surface area contributed by atoms with Crippen molar-refractivity contribution in [3.63, 3.8) is 0 Å². The first-order chi connectivity index (χ1) is 10.0. The minimum absolute atomic E-state index is 0.190. The number of hydrogen-bond donors (Lipinski definition) is 1. The maximum absolute atomic E-state index is 12.3. The Balaban J connectivity index is 2.17. The monoisotopic (exact) mass is 431 g/mol. The molecule has 1 amide bonds. The molecule has 0 saturated heterocycles. The van der Waals surface area contributed by atoms with Gasteiger partial charge >= 0.3 is 0 Å². The molecule has 0 aliphatic carbocycles. The lowest BCUT2D eigenvalue weighted by Gasteiger charge is -2.12. The molecule has 21 heavy (non-hydrogen) atoms. The highest BCUT2D eigenvalue weighted by atomic mass is 79.9. The van der Waals surface area contributed by atoms with Crippen LogP contribution < -0.4 is 10.1 Å². The number of hydrogen-bond acceptors (Lipinski definition) is 2.